The zero-order valence-corrected chi connectivity index (χ0v) is 10.6. The number of methoxy groups -OCH3 is 1. The molecule has 0 saturated carbocycles. The minimum Gasteiger partial charge on any atom is -0.389 e. The van der Waals surface area contributed by atoms with E-state index in [-0.39, 0.29) is 0 Å². The third-order valence-electron chi connectivity index (χ3n) is 2.66. The van der Waals surface area contributed by atoms with Gasteiger partial charge in [-0.05, 0) is 6.07 Å². The number of ether oxygens (including phenoxy) is 1. The Bertz CT molecular complexity index is 518. The maximum atomic E-state index is 9.67. The lowest BCUT2D eigenvalue weighted by Gasteiger charge is -2.20. The van der Waals surface area contributed by atoms with Crippen LogP contribution in [0.15, 0.2) is 30.5 Å². The number of nitrogens with zero attached hydrogens (tertiary/aromatic N) is 3. The highest BCUT2D eigenvalue weighted by atomic mass is 16.5. The molecule has 0 radical (unpaired) electrons. The van der Waals surface area contributed by atoms with Crippen molar-refractivity contribution in [1.82, 2.24) is 9.97 Å². The topological polar surface area (TPSA) is 58.5 Å². The summed E-state index contributed by atoms with van der Waals surface area (Å²) in [5.74, 6) is 0.601. The molecule has 0 aliphatic heterocycles. The SMILES string of the molecule is COCC(O)CN(C)c1ncc2ccccc2n1. The fourth-order valence-corrected chi connectivity index (χ4v) is 1.79. The summed E-state index contributed by atoms with van der Waals surface area (Å²) in [6.07, 6.45) is 1.24. The zero-order chi connectivity index (χ0) is 13.0. The number of rotatable bonds is 5. The van der Waals surface area contributed by atoms with Crippen LogP contribution in [0.4, 0.5) is 5.95 Å². The van der Waals surface area contributed by atoms with Crippen LogP contribution in [0, 0.1) is 0 Å². The number of benzene rings is 1. The van der Waals surface area contributed by atoms with E-state index in [1.165, 1.54) is 0 Å². The molecule has 5 nitrogen and oxygen atoms in total. The van der Waals surface area contributed by atoms with Crippen LogP contribution >= 0.6 is 0 Å². The van der Waals surface area contributed by atoms with Crippen molar-refractivity contribution in [3.63, 3.8) is 0 Å². The van der Waals surface area contributed by atoms with Gasteiger partial charge in [0.2, 0.25) is 5.95 Å². The molecule has 0 bridgehead atoms. The highest BCUT2D eigenvalue weighted by Crippen LogP contribution is 2.13. The Morgan fingerprint density at radius 2 is 2.17 bits per heavy atom. The largest absolute Gasteiger partial charge is 0.389 e. The van der Waals surface area contributed by atoms with Crippen molar-refractivity contribution >= 4 is 16.9 Å². The first-order chi connectivity index (χ1) is 8.70. The molecule has 2 aromatic rings. The summed E-state index contributed by atoms with van der Waals surface area (Å²) in [4.78, 5) is 10.5. The summed E-state index contributed by atoms with van der Waals surface area (Å²) in [5.41, 5.74) is 0.899. The predicted molar refractivity (Wildman–Crippen MR) is 70.7 cm³/mol. The third kappa shape index (κ3) is 2.94. The van der Waals surface area contributed by atoms with Crippen LogP contribution in [0.25, 0.3) is 10.9 Å². The summed E-state index contributed by atoms with van der Waals surface area (Å²) >= 11 is 0. The smallest absolute Gasteiger partial charge is 0.225 e. The van der Waals surface area contributed by atoms with Crippen LogP contribution in [0.3, 0.4) is 0 Å². The summed E-state index contributed by atoms with van der Waals surface area (Å²) in [6.45, 7) is 0.740. The van der Waals surface area contributed by atoms with Gasteiger partial charge in [-0.25, -0.2) is 9.97 Å². The fourth-order valence-electron chi connectivity index (χ4n) is 1.79. The molecule has 2 rings (SSSR count). The van der Waals surface area contributed by atoms with Gasteiger partial charge in [-0.15, -0.1) is 0 Å². The molecule has 1 aromatic carbocycles. The van der Waals surface area contributed by atoms with Crippen LogP contribution in [0.1, 0.15) is 0 Å². The van der Waals surface area contributed by atoms with Crippen molar-refractivity contribution in [1.29, 1.82) is 0 Å². The lowest BCUT2D eigenvalue weighted by atomic mass is 10.2. The summed E-state index contributed by atoms with van der Waals surface area (Å²) in [7, 11) is 3.42. The van der Waals surface area contributed by atoms with Crippen molar-refractivity contribution in [3.05, 3.63) is 30.5 Å². The second-order valence-electron chi connectivity index (χ2n) is 4.22. The minimum absolute atomic E-state index is 0.303. The number of aliphatic hydroxyl groups excluding tert-OH is 1. The number of anilines is 1. The Morgan fingerprint density at radius 1 is 1.39 bits per heavy atom. The molecule has 1 atom stereocenters. The summed E-state index contributed by atoms with van der Waals surface area (Å²) in [6, 6.07) is 7.81. The highest BCUT2D eigenvalue weighted by molar-refractivity contribution is 5.78. The van der Waals surface area contributed by atoms with Crippen molar-refractivity contribution in [2.45, 2.75) is 6.10 Å². The monoisotopic (exact) mass is 247 g/mol. The highest BCUT2D eigenvalue weighted by Gasteiger charge is 2.11. The molecular formula is C13H17N3O2. The normalized spacial score (nSPS) is 12.6. The van der Waals surface area contributed by atoms with E-state index in [4.69, 9.17) is 4.74 Å². The van der Waals surface area contributed by atoms with Crippen molar-refractivity contribution in [2.75, 3.05) is 32.2 Å². The predicted octanol–water partition coefficient (Wildman–Crippen LogP) is 1.07. The van der Waals surface area contributed by atoms with Crippen LogP contribution in [-0.2, 0) is 4.74 Å². The Labute approximate surface area is 106 Å². The standard InChI is InChI=1S/C13H17N3O2/c1-16(8-11(17)9-18-2)13-14-7-10-5-3-4-6-12(10)15-13/h3-7,11,17H,8-9H2,1-2H3. The molecule has 0 fully saturated rings. The second-order valence-corrected chi connectivity index (χ2v) is 4.22. The van der Waals surface area contributed by atoms with Gasteiger partial charge in [0.15, 0.2) is 0 Å². The van der Waals surface area contributed by atoms with Gasteiger partial charge in [-0.2, -0.15) is 0 Å². The molecule has 18 heavy (non-hydrogen) atoms. The summed E-state index contributed by atoms with van der Waals surface area (Å²) in [5, 5.41) is 10.7. The number of aliphatic hydroxyl groups is 1. The Kier molecular flexibility index (Phi) is 4.07. The van der Waals surface area contributed by atoms with Gasteiger partial charge >= 0.3 is 0 Å². The quantitative estimate of drug-likeness (QED) is 0.856. The van der Waals surface area contributed by atoms with Gasteiger partial charge in [0.25, 0.3) is 0 Å². The molecule has 0 saturated heterocycles. The van der Waals surface area contributed by atoms with Gasteiger partial charge < -0.3 is 14.7 Å². The molecule has 1 N–H and O–H groups in total. The number of para-hydroxylation sites is 1. The van der Waals surface area contributed by atoms with E-state index in [0.717, 1.165) is 10.9 Å². The van der Waals surface area contributed by atoms with E-state index in [1.54, 1.807) is 13.3 Å². The van der Waals surface area contributed by atoms with Gasteiger partial charge in [0.05, 0.1) is 18.2 Å². The lowest BCUT2D eigenvalue weighted by molar-refractivity contribution is 0.0693. The number of aromatic nitrogens is 2. The fraction of sp³-hybridized carbons (Fsp3) is 0.385. The van der Waals surface area contributed by atoms with Crippen LogP contribution in [0.5, 0.6) is 0 Å². The number of likely N-dealkylation sites (N-methyl/N-ethyl adjacent to an activating group) is 1. The maximum absolute atomic E-state index is 9.67. The number of hydrogen-bond donors (Lipinski definition) is 1. The third-order valence-corrected chi connectivity index (χ3v) is 2.66. The van der Waals surface area contributed by atoms with Crippen molar-refractivity contribution in [2.24, 2.45) is 0 Å². The molecule has 96 valence electrons. The van der Waals surface area contributed by atoms with E-state index in [2.05, 4.69) is 9.97 Å². The number of hydrogen-bond acceptors (Lipinski definition) is 5. The summed E-state index contributed by atoms with van der Waals surface area (Å²) < 4.78 is 4.89. The van der Waals surface area contributed by atoms with Crippen molar-refractivity contribution in [3.8, 4) is 0 Å². The van der Waals surface area contributed by atoms with Gasteiger partial charge in [0.1, 0.15) is 0 Å². The zero-order valence-electron chi connectivity index (χ0n) is 10.6. The molecule has 1 heterocycles. The first kappa shape index (κ1) is 12.7. The van der Waals surface area contributed by atoms with E-state index < -0.39 is 6.10 Å². The first-order valence-electron chi connectivity index (χ1n) is 5.80. The van der Waals surface area contributed by atoms with Crippen LogP contribution < -0.4 is 4.90 Å². The Hall–Kier alpha value is -1.72. The molecular weight excluding hydrogens is 230 g/mol. The van der Waals surface area contributed by atoms with Crippen molar-refractivity contribution < 1.29 is 9.84 Å². The van der Waals surface area contributed by atoms with Crippen LogP contribution in [-0.4, -0.2) is 48.5 Å². The Morgan fingerprint density at radius 3 is 2.94 bits per heavy atom. The molecule has 0 amide bonds. The number of fused-ring (bicyclic) bond motifs is 1. The molecule has 0 spiro atoms. The molecule has 1 aromatic heterocycles. The molecule has 0 aliphatic carbocycles. The lowest BCUT2D eigenvalue weighted by Crippen LogP contribution is -2.32. The second kappa shape index (κ2) is 5.75. The first-order valence-corrected chi connectivity index (χ1v) is 5.80. The van der Waals surface area contributed by atoms with Gasteiger partial charge in [0, 0.05) is 32.3 Å². The van der Waals surface area contributed by atoms with Gasteiger partial charge in [-0.1, -0.05) is 18.2 Å². The minimum atomic E-state index is -0.546. The molecule has 1 unspecified atom stereocenters. The Balaban J connectivity index is 2.15. The molecule has 5 heteroatoms. The van der Waals surface area contributed by atoms with E-state index in [0.29, 0.717) is 19.1 Å². The molecule has 0 aliphatic rings. The van der Waals surface area contributed by atoms with Gasteiger partial charge in [-0.3, -0.25) is 0 Å². The van der Waals surface area contributed by atoms with E-state index >= 15 is 0 Å². The average Bonchev–Trinajstić information content (AvgIpc) is 2.38. The van der Waals surface area contributed by atoms with Crippen LogP contribution in [0.2, 0.25) is 0 Å². The average molecular weight is 247 g/mol. The maximum Gasteiger partial charge on any atom is 0.225 e. The van der Waals surface area contributed by atoms with E-state index in [1.807, 2.05) is 36.2 Å². The van der Waals surface area contributed by atoms with E-state index in [9.17, 15) is 5.11 Å².